The quantitative estimate of drug-likeness (QED) is 0.912. The van der Waals surface area contributed by atoms with E-state index in [0.717, 1.165) is 11.3 Å². The number of pyridine rings is 2. The van der Waals surface area contributed by atoms with Crippen molar-refractivity contribution >= 4 is 13.5 Å². The topological polar surface area (TPSA) is 58.0 Å². The number of aliphatic hydroxyl groups excluding tert-OH is 1. The smallest absolute Gasteiger partial charge is 0.108 e. The van der Waals surface area contributed by atoms with Gasteiger partial charge in [-0.15, -0.1) is 0 Å². The minimum absolute atomic E-state index is 0. The molecule has 2 rings (SSSR count). The van der Waals surface area contributed by atoms with Crippen LogP contribution in [0, 0.1) is 0 Å². The monoisotopic (exact) mass is 305 g/mol. The minimum Gasteiger partial charge on any atom is -0.385 e. The molecule has 2 aromatic heterocycles. The standard InChI is InChI=1S/C16H21N3O.H2S/c1-16(2,3)18-11-15(20)14-8-4-7-13(19-14)12-6-5-9-17-10-12;/h4-10,15,18,20H,11H2,1-3H3;1H2/t15-;/m0./s1. The van der Waals surface area contributed by atoms with Crippen LogP contribution >= 0.6 is 13.5 Å². The van der Waals surface area contributed by atoms with E-state index in [2.05, 4.69) is 36.1 Å². The van der Waals surface area contributed by atoms with Crippen molar-refractivity contribution in [3.8, 4) is 11.3 Å². The number of aromatic nitrogens is 2. The molecule has 2 N–H and O–H groups in total. The molecule has 4 nitrogen and oxygen atoms in total. The minimum atomic E-state index is -0.620. The summed E-state index contributed by atoms with van der Waals surface area (Å²) in [6, 6.07) is 9.50. The second-order valence-electron chi connectivity index (χ2n) is 5.84. The zero-order valence-electron chi connectivity index (χ0n) is 12.7. The number of nitrogens with one attached hydrogen (secondary N) is 1. The summed E-state index contributed by atoms with van der Waals surface area (Å²) in [6.07, 6.45) is 2.88. The molecule has 0 amide bonds. The molecule has 114 valence electrons. The number of aliphatic hydroxyl groups is 1. The molecule has 5 heteroatoms. The van der Waals surface area contributed by atoms with Gasteiger partial charge in [-0.05, 0) is 45.0 Å². The van der Waals surface area contributed by atoms with Gasteiger partial charge in [0.15, 0.2) is 0 Å². The first-order valence-electron chi connectivity index (χ1n) is 6.76. The Morgan fingerprint density at radius 2 is 1.95 bits per heavy atom. The molecule has 0 unspecified atom stereocenters. The highest BCUT2D eigenvalue weighted by molar-refractivity contribution is 7.59. The van der Waals surface area contributed by atoms with E-state index in [0.29, 0.717) is 12.2 Å². The van der Waals surface area contributed by atoms with Gasteiger partial charge >= 0.3 is 0 Å². The fraction of sp³-hybridized carbons (Fsp3) is 0.375. The molecule has 1 atom stereocenters. The molecule has 0 bridgehead atoms. The van der Waals surface area contributed by atoms with Crippen LogP contribution in [0.4, 0.5) is 0 Å². The summed E-state index contributed by atoms with van der Waals surface area (Å²) < 4.78 is 0. The third-order valence-corrected chi connectivity index (χ3v) is 2.90. The van der Waals surface area contributed by atoms with Crippen LogP contribution in [0.15, 0.2) is 42.7 Å². The summed E-state index contributed by atoms with van der Waals surface area (Å²) in [7, 11) is 0. The van der Waals surface area contributed by atoms with Crippen molar-refractivity contribution in [1.29, 1.82) is 0 Å². The molecule has 0 fully saturated rings. The maximum absolute atomic E-state index is 10.2. The molecule has 0 aliphatic heterocycles. The second-order valence-corrected chi connectivity index (χ2v) is 5.84. The van der Waals surface area contributed by atoms with Gasteiger partial charge in [-0.1, -0.05) is 6.07 Å². The van der Waals surface area contributed by atoms with Crippen molar-refractivity contribution in [3.05, 3.63) is 48.4 Å². The Balaban J connectivity index is 0.00000220. The molecule has 0 saturated carbocycles. The van der Waals surface area contributed by atoms with Gasteiger partial charge in [0.25, 0.3) is 0 Å². The second kappa shape index (κ2) is 7.54. The molecule has 2 aromatic rings. The average molecular weight is 305 g/mol. The van der Waals surface area contributed by atoms with Gasteiger partial charge in [0, 0.05) is 30.0 Å². The fourth-order valence-corrected chi connectivity index (χ4v) is 1.82. The Kier molecular flexibility index (Phi) is 6.33. The lowest BCUT2D eigenvalue weighted by molar-refractivity contribution is 0.159. The predicted octanol–water partition coefficient (Wildman–Crippen LogP) is 2.68. The lowest BCUT2D eigenvalue weighted by Crippen LogP contribution is -2.38. The van der Waals surface area contributed by atoms with Crippen molar-refractivity contribution in [2.75, 3.05) is 6.54 Å². The average Bonchev–Trinajstić information content (AvgIpc) is 2.45. The third kappa shape index (κ3) is 5.46. The molecule has 0 spiro atoms. The van der Waals surface area contributed by atoms with E-state index in [-0.39, 0.29) is 19.0 Å². The summed E-state index contributed by atoms with van der Waals surface area (Å²) >= 11 is 0. The summed E-state index contributed by atoms with van der Waals surface area (Å²) in [5, 5.41) is 13.5. The van der Waals surface area contributed by atoms with E-state index >= 15 is 0 Å². The Labute approximate surface area is 133 Å². The van der Waals surface area contributed by atoms with E-state index in [1.54, 1.807) is 12.4 Å². The van der Waals surface area contributed by atoms with Gasteiger partial charge in [0.1, 0.15) is 6.10 Å². The van der Waals surface area contributed by atoms with Crippen LogP contribution in [0.25, 0.3) is 11.3 Å². The summed E-state index contributed by atoms with van der Waals surface area (Å²) in [4.78, 5) is 8.60. The van der Waals surface area contributed by atoms with Crippen molar-refractivity contribution in [2.45, 2.75) is 32.4 Å². The maximum Gasteiger partial charge on any atom is 0.108 e. The van der Waals surface area contributed by atoms with Gasteiger partial charge < -0.3 is 10.4 Å². The van der Waals surface area contributed by atoms with E-state index < -0.39 is 6.10 Å². The molecule has 0 aromatic carbocycles. The lowest BCUT2D eigenvalue weighted by atomic mass is 10.1. The number of hydrogen-bond donors (Lipinski definition) is 2. The molecule has 21 heavy (non-hydrogen) atoms. The van der Waals surface area contributed by atoms with E-state index in [1.165, 1.54) is 0 Å². The summed E-state index contributed by atoms with van der Waals surface area (Å²) in [5.41, 5.74) is 2.42. The molecule has 0 radical (unpaired) electrons. The Bertz CT molecular complexity index is 555. The van der Waals surface area contributed by atoms with Crippen molar-refractivity contribution in [3.63, 3.8) is 0 Å². The van der Waals surface area contributed by atoms with Crippen LogP contribution in [-0.2, 0) is 0 Å². The molecular weight excluding hydrogens is 282 g/mol. The first kappa shape index (κ1) is 17.6. The van der Waals surface area contributed by atoms with Crippen LogP contribution < -0.4 is 5.32 Å². The van der Waals surface area contributed by atoms with Crippen molar-refractivity contribution < 1.29 is 5.11 Å². The van der Waals surface area contributed by atoms with E-state index in [4.69, 9.17) is 0 Å². The van der Waals surface area contributed by atoms with Gasteiger partial charge in [-0.3, -0.25) is 4.98 Å². The summed E-state index contributed by atoms with van der Waals surface area (Å²) in [5.74, 6) is 0. The molecule has 0 aliphatic carbocycles. The Morgan fingerprint density at radius 1 is 1.19 bits per heavy atom. The summed E-state index contributed by atoms with van der Waals surface area (Å²) in [6.45, 7) is 6.69. The zero-order valence-corrected chi connectivity index (χ0v) is 13.7. The molecular formula is C16H23N3OS. The maximum atomic E-state index is 10.2. The molecule has 2 heterocycles. The highest BCUT2D eigenvalue weighted by Crippen LogP contribution is 2.18. The molecule has 0 saturated heterocycles. The number of nitrogens with zero attached hydrogens (tertiary/aromatic N) is 2. The van der Waals surface area contributed by atoms with Crippen LogP contribution in [0.3, 0.4) is 0 Å². The lowest BCUT2D eigenvalue weighted by Gasteiger charge is -2.22. The first-order valence-corrected chi connectivity index (χ1v) is 6.76. The predicted molar refractivity (Wildman–Crippen MR) is 90.6 cm³/mol. The van der Waals surface area contributed by atoms with Gasteiger partial charge in [0.2, 0.25) is 0 Å². The van der Waals surface area contributed by atoms with Gasteiger partial charge in [0.05, 0.1) is 11.4 Å². The van der Waals surface area contributed by atoms with Crippen molar-refractivity contribution in [1.82, 2.24) is 15.3 Å². The van der Waals surface area contributed by atoms with Crippen LogP contribution in [0.2, 0.25) is 0 Å². The Morgan fingerprint density at radius 3 is 2.57 bits per heavy atom. The van der Waals surface area contributed by atoms with Crippen LogP contribution in [-0.4, -0.2) is 27.2 Å². The molecule has 0 aliphatic rings. The van der Waals surface area contributed by atoms with E-state index in [1.807, 2.05) is 30.3 Å². The number of β-amino-alcohol motifs (C(OH)–C–C–N with tert-alkyl or cyclic N) is 1. The number of hydrogen-bond acceptors (Lipinski definition) is 4. The largest absolute Gasteiger partial charge is 0.385 e. The number of rotatable bonds is 4. The van der Waals surface area contributed by atoms with Gasteiger partial charge in [-0.2, -0.15) is 13.5 Å². The fourth-order valence-electron chi connectivity index (χ4n) is 1.82. The van der Waals surface area contributed by atoms with E-state index in [9.17, 15) is 5.11 Å². The van der Waals surface area contributed by atoms with Gasteiger partial charge in [-0.25, -0.2) is 4.98 Å². The highest BCUT2D eigenvalue weighted by atomic mass is 32.1. The normalized spacial score (nSPS) is 12.6. The first-order chi connectivity index (χ1) is 9.46. The van der Waals surface area contributed by atoms with Crippen LogP contribution in [0.1, 0.15) is 32.6 Å². The third-order valence-electron chi connectivity index (χ3n) is 2.90. The SMILES string of the molecule is CC(C)(C)NC[C@H](O)c1cccc(-c2cccnc2)n1.S. The van der Waals surface area contributed by atoms with Crippen molar-refractivity contribution in [2.24, 2.45) is 0 Å². The highest BCUT2D eigenvalue weighted by Gasteiger charge is 2.15. The van der Waals surface area contributed by atoms with Crippen LogP contribution in [0.5, 0.6) is 0 Å². The Hall–Kier alpha value is -1.43. The zero-order chi connectivity index (χ0) is 14.6.